The van der Waals surface area contributed by atoms with Crippen LogP contribution in [0.2, 0.25) is 0 Å². The highest BCUT2D eigenvalue weighted by Crippen LogP contribution is 2.47. The van der Waals surface area contributed by atoms with Gasteiger partial charge in [-0.25, -0.2) is 8.42 Å². The Hall–Kier alpha value is -4.52. The number of nitrogens with one attached hydrogen (secondary N) is 3. The summed E-state index contributed by atoms with van der Waals surface area (Å²) in [5, 5.41) is 15.6. The van der Waals surface area contributed by atoms with Crippen LogP contribution in [0.3, 0.4) is 0 Å². The van der Waals surface area contributed by atoms with E-state index in [1.807, 2.05) is 72.8 Å². The van der Waals surface area contributed by atoms with Crippen LogP contribution in [0.4, 0.5) is 5.69 Å². The molecule has 0 spiro atoms. The minimum atomic E-state index is -3.93. The maximum absolute atomic E-state index is 14.5. The van der Waals surface area contributed by atoms with E-state index in [0.29, 0.717) is 25.0 Å². The molecule has 1 saturated heterocycles. The van der Waals surface area contributed by atoms with Crippen molar-refractivity contribution in [3.8, 4) is 11.3 Å². The van der Waals surface area contributed by atoms with Crippen molar-refractivity contribution in [2.24, 2.45) is 5.92 Å². The molecule has 12 nitrogen and oxygen atoms in total. The summed E-state index contributed by atoms with van der Waals surface area (Å²) < 4.78 is 27.5. The van der Waals surface area contributed by atoms with Crippen molar-refractivity contribution in [1.82, 2.24) is 29.9 Å². The third-order valence-electron chi connectivity index (χ3n) is 10.5. The number of para-hydroxylation sites is 1. The topological polar surface area (TPSA) is 155 Å². The second kappa shape index (κ2) is 13.1. The van der Waals surface area contributed by atoms with Crippen LogP contribution in [0.15, 0.2) is 79.0 Å². The fourth-order valence-electron chi connectivity index (χ4n) is 6.97. The number of carbonyl (C=O) groups is 3. The predicted molar refractivity (Wildman–Crippen MR) is 184 cm³/mol. The Bertz CT molecular complexity index is 1840. The fourth-order valence-corrected chi connectivity index (χ4v) is 8.29. The Balaban J connectivity index is 1.20. The molecule has 2 aliphatic heterocycles. The zero-order chi connectivity index (χ0) is 34.2. The molecule has 3 aromatic rings. The number of benzene rings is 2. The van der Waals surface area contributed by atoms with E-state index in [2.05, 4.69) is 20.5 Å². The number of hydrogen-bond acceptors (Lipinski definition) is 8. The lowest BCUT2D eigenvalue weighted by Gasteiger charge is -2.30. The quantitative estimate of drug-likeness (QED) is 0.316. The zero-order valence-corrected chi connectivity index (χ0v) is 28.4. The van der Waals surface area contributed by atoms with E-state index in [0.717, 1.165) is 36.9 Å². The highest BCUT2D eigenvalue weighted by Gasteiger charge is 2.63. The molecule has 3 N–H and O–H groups in total. The van der Waals surface area contributed by atoms with E-state index in [9.17, 15) is 22.8 Å². The van der Waals surface area contributed by atoms with Gasteiger partial charge in [0.25, 0.3) is 5.91 Å². The average Bonchev–Trinajstić information content (AvgIpc) is 3.86. The zero-order valence-electron chi connectivity index (χ0n) is 27.6. The Morgan fingerprint density at radius 3 is 2.47 bits per heavy atom. The van der Waals surface area contributed by atoms with Gasteiger partial charge in [-0.3, -0.25) is 19.1 Å². The molecule has 3 heterocycles. The van der Waals surface area contributed by atoms with Crippen LogP contribution in [0.5, 0.6) is 0 Å². The van der Waals surface area contributed by atoms with E-state index in [4.69, 9.17) is 5.10 Å². The first-order valence-electron chi connectivity index (χ1n) is 17.2. The molecule has 3 amide bonds. The lowest BCUT2D eigenvalue weighted by atomic mass is 10.0. The number of carbonyl (C=O) groups excluding carboxylic acids is 3. The Morgan fingerprint density at radius 2 is 1.73 bits per heavy atom. The third kappa shape index (κ3) is 6.72. The van der Waals surface area contributed by atoms with Gasteiger partial charge in [-0.2, -0.15) is 15.0 Å². The normalized spacial score (nSPS) is 29.0. The Kier molecular flexibility index (Phi) is 8.80. The van der Waals surface area contributed by atoms with E-state index >= 15 is 0 Å². The van der Waals surface area contributed by atoms with Gasteiger partial charge < -0.3 is 15.5 Å². The van der Waals surface area contributed by atoms with Gasteiger partial charge in [-0.15, -0.1) is 0 Å². The van der Waals surface area contributed by atoms with Crippen molar-refractivity contribution >= 4 is 33.4 Å². The maximum Gasteiger partial charge on any atom is 0.259 e. The molecule has 1 aromatic heterocycles. The SMILES string of the molecule is CC1(S(=O)(=O)NC(=O)[C@@]23C[C@H]2/C=C\CCCCC[C@H](Nc2ccccc2)C(=O)N2C[C@H](n4ncc(-c5ccccc5)n4)C[C@H]2C(=O)N3)CC1. The van der Waals surface area contributed by atoms with Gasteiger partial charge in [0, 0.05) is 30.1 Å². The van der Waals surface area contributed by atoms with Crippen LogP contribution in [-0.2, 0) is 24.4 Å². The van der Waals surface area contributed by atoms with Crippen LogP contribution in [0, 0.1) is 5.92 Å². The number of aromatic nitrogens is 3. The van der Waals surface area contributed by atoms with Crippen molar-refractivity contribution in [2.75, 3.05) is 11.9 Å². The largest absolute Gasteiger partial charge is 0.374 e. The Morgan fingerprint density at radius 1 is 1.00 bits per heavy atom. The number of hydrogen-bond donors (Lipinski definition) is 3. The molecule has 0 unspecified atom stereocenters. The number of amides is 3. The minimum Gasteiger partial charge on any atom is -0.374 e. The second-order valence-corrected chi connectivity index (χ2v) is 16.3. The van der Waals surface area contributed by atoms with Gasteiger partial charge in [0.15, 0.2) is 0 Å². The Labute approximate surface area is 286 Å². The molecule has 13 heteroatoms. The number of anilines is 1. The van der Waals surface area contributed by atoms with Crippen molar-refractivity contribution in [3.05, 3.63) is 79.0 Å². The van der Waals surface area contributed by atoms with E-state index in [1.165, 1.54) is 0 Å². The summed E-state index contributed by atoms with van der Waals surface area (Å²) >= 11 is 0. The number of fused-ring (bicyclic) bond motifs is 2. The number of allylic oxidation sites excluding steroid dienone is 1. The molecule has 2 saturated carbocycles. The summed E-state index contributed by atoms with van der Waals surface area (Å²) in [4.78, 5) is 45.8. The van der Waals surface area contributed by atoms with Crippen LogP contribution in [-0.4, -0.2) is 74.9 Å². The van der Waals surface area contributed by atoms with Crippen LogP contribution in [0.1, 0.15) is 70.8 Å². The number of nitrogens with zero attached hydrogens (tertiary/aromatic N) is 4. The molecule has 4 aliphatic rings. The maximum atomic E-state index is 14.5. The van der Waals surface area contributed by atoms with Crippen LogP contribution < -0.4 is 15.4 Å². The van der Waals surface area contributed by atoms with E-state index in [1.54, 1.807) is 22.8 Å². The highest BCUT2D eigenvalue weighted by molar-refractivity contribution is 7.91. The van der Waals surface area contributed by atoms with Gasteiger partial charge >= 0.3 is 0 Å². The molecule has 49 heavy (non-hydrogen) atoms. The van der Waals surface area contributed by atoms with Gasteiger partial charge in [0.1, 0.15) is 23.3 Å². The molecular formula is C36H43N7O5S. The van der Waals surface area contributed by atoms with Crippen LogP contribution >= 0.6 is 0 Å². The molecule has 0 bridgehead atoms. The average molecular weight is 686 g/mol. The molecule has 7 rings (SSSR count). The molecule has 258 valence electrons. The highest BCUT2D eigenvalue weighted by atomic mass is 32.2. The lowest BCUT2D eigenvalue weighted by Crippen LogP contribution is -2.58. The van der Waals surface area contributed by atoms with E-state index in [-0.39, 0.29) is 31.2 Å². The molecule has 2 aliphatic carbocycles. The van der Waals surface area contributed by atoms with Gasteiger partial charge in [0.05, 0.1) is 17.0 Å². The van der Waals surface area contributed by atoms with Crippen molar-refractivity contribution < 1.29 is 22.8 Å². The van der Waals surface area contributed by atoms with Gasteiger partial charge in [-0.1, -0.05) is 73.5 Å². The summed E-state index contributed by atoms with van der Waals surface area (Å²) in [7, 11) is -3.93. The van der Waals surface area contributed by atoms with Crippen molar-refractivity contribution in [2.45, 2.75) is 93.1 Å². The monoisotopic (exact) mass is 685 g/mol. The summed E-state index contributed by atoms with van der Waals surface area (Å²) in [6.45, 7) is 1.82. The van der Waals surface area contributed by atoms with Crippen LogP contribution in [0.25, 0.3) is 11.3 Å². The predicted octanol–water partition coefficient (Wildman–Crippen LogP) is 3.96. The standard InChI is InChI=1S/C36H43N7O5S/c1-35(19-20-35)49(47,48)41-34(46)36-22-26(36)15-9-3-2-4-12-18-29(38-27-16-10-6-11-17-27)33(45)42-24-28(21-31(42)32(44)39-36)43-37-23-30(40-43)25-13-7-5-8-14-25/h5-11,13-17,23,26,28-29,31,38H,2-4,12,18-22,24H2,1H3,(H,39,44)(H,41,46)/b15-9-/t26-,28-,29+,31+,36-/m1/s1. The van der Waals surface area contributed by atoms with E-state index < -0.39 is 50.2 Å². The second-order valence-electron chi connectivity index (χ2n) is 14.1. The van der Waals surface area contributed by atoms with Crippen molar-refractivity contribution in [3.63, 3.8) is 0 Å². The summed E-state index contributed by atoms with van der Waals surface area (Å²) in [6, 6.07) is 17.3. The minimum absolute atomic E-state index is 0.196. The molecule has 0 radical (unpaired) electrons. The summed E-state index contributed by atoms with van der Waals surface area (Å²) in [6.07, 6.45) is 11.0. The first kappa shape index (κ1) is 33.0. The van der Waals surface area contributed by atoms with Crippen molar-refractivity contribution in [1.29, 1.82) is 0 Å². The number of rotatable bonds is 7. The van der Waals surface area contributed by atoms with Gasteiger partial charge in [-0.05, 0) is 57.6 Å². The molecule has 2 aromatic carbocycles. The molecule has 3 fully saturated rings. The smallest absolute Gasteiger partial charge is 0.259 e. The lowest BCUT2D eigenvalue weighted by molar-refractivity contribution is -0.140. The summed E-state index contributed by atoms with van der Waals surface area (Å²) in [5.41, 5.74) is 0.962. The fraction of sp³-hybridized carbons (Fsp3) is 0.472. The first-order valence-corrected chi connectivity index (χ1v) is 18.7. The number of sulfonamides is 1. The summed E-state index contributed by atoms with van der Waals surface area (Å²) in [5.74, 6) is -1.81. The third-order valence-corrected chi connectivity index (χ3v) is 12.7. The molecule has 5 atom stereocenters. The van der Waals surface area contributed by atoms with Gasteiger partial charge in [0.2, 0.25) is 21.8 Å². The molecular weight excluding hydrogens is 643 g/mol. The first-order chi connectivity index (χ1) is 23.6.